The van der Waals surface area contributed by atoms with E-state index in [0.29, 0.717) is 5.65 Å². The molecule has 0 unspecified atom stereocenters. The van der Waals surface area contributed by atoms with Crippen molar-refractivity contribution in [2.24, 2.45) is 17.2 Å². The molecule has 0 aliphatic carbocycles. The number of nitrogens with one attached hydrogen (secondary N) is 1. The third kappa shape index (κ3) is 1.75. The van der Waals surface area contributed by atoms with Crippen molar-refractivity contribution >= 4 is 11.2 Å². The van der Waals surface area contributed by atoms with Crippen LogP contribution in [-0.2, 0) is 4.74 Å². The number of aromatic nitrogens is 4. The van der Waals surface area contributed by atoms with Gasteiger partial charge in [-0.25, -0.2) is 9.97 Å². The second kappa shape index (κ2) is 4.38. The van der Waals surface area contributed by atoms with E-state index in [-0.39, 0.29) is 29.8 Å². The molecule has 0 radical (unpaired) electrons. The number of aromatic amines is 1. The van der Waals surface area contributed by atoms with Gasteiger partial charge in [-0.05, 0) is 0 Å². The normalized spacial score (nSPS) is 31.1. The van der Waals surface area contributed by atoms with E-state index in [2.05, 4.69) is 15.0 Å². The number of ether oxygens (including phenoxy) is 1. The van der Waals surface area contributed by atoms with E-state index in [1.54, 1.807) is 4.57 Å². The zero-order chi connectivity index (χ0) is 13.6. The van der Waals surface area contributed by atoms with Gasteiger partial charge in [0.25, 0.3) is 5.56 Å². The number of nitrogens with two attached hydrogens (primary N) is 3. The lowest BCUT2D eigenvalue weighted by atomic mass is 10.1. The molecule has 4 atom stereocenters. The molecule has 0 aromatic carbocycles. The quantitative estimate of drug-likeness (QED) is 0.473. The Morgan fingerprint density at radius 2 is 2.16 bits per heavy atom. The van der Waals surface area contributed by atoms with Gasteiger partial charge in [0.05, 0.1) is 30.8 Å². The number of hydrogen-bond acceptors (Lipinski definition) is 7. The Morgan fingerprint density at radius 1 is 1.37 bits per heavy atom. The van der Waals surface area contributed by atoms with E-state index in [4.69, 9.17) is 21.9 Å². The van der Waals surface area contributed by atoms with Crippen LogP contribution in [0, 0.1) is 0 Å². The van der Waals surface area contributed by atoms with Crippen LogP contribution < -0.4 is 22.8 Å². The summed E-state index contributed by atoms with van der Waals surface area (Å²) in [4.78, 5) is 22.2. The Labute approximate surface area is 107 Å². The summed E-state index contributed by atoms with van der Waals surface area (Å²) in [6.07, 6.45) is 1.94. The van der Waals surface area contributed by atoms with E-state index in [1.165, 1.54) is 12.7 Å². The smallest absolute Gasteiger partial charge is 0.278 e. The molecular weight excluding hydrogens is 250 g/mol. The van der Waals surface area contributed by atoms with Gasteiger partial charge in [-0.2, -0.15) is 0 Å². The number of H-pyrrole nitrogens is 1. The van der Waals surface area contributed by atoms with Gasteiger partial charge in [-0.15, -0.1) is 0 Å². The number of imidazole rings is 1. The van der Waals surface area contributed by atoms with Crippen LogP contribution in [0.2, 0.25) is 0 Å². The highest BCUT2D eigenvalue weighted by Crippen LogP contribution is 2.27. The summed E-state index contributed by atoms with van der Waals surface area (Å²) in [5, 5.41) is 0. The molecule has 19 heavy (non-hydrogen) atoms. The van der Waals surface area contributed by atoms with Crippen molar-refractivity contribution in [3.63, 3.8) is 0 Å². The van der Waals surface area contributed by atoms with Crippen LogP contribution >= 0.6 is 0 Å². The van der Waals surface area contributed by atoms with Gasteiger partial charge in [0.1, 0.15) is 0 Å². The predicted molar refractivity (Wildman–Crippen MR) is 67.1 cm³/mol. The molecule has 1 saturated heterocycles. The summed E-state index contributed by atoms with van der Waals surface area (Å²) in [7, 11) is 0. The molecular formula is C10H15N7O2. The summed E-state index contributed by atoms with van der Waals surface area (Å²) in [5.41, 5.74) is 17.9. The zero-order valence-corrected chi connectivity index (χ0v) is 10.1. The summed E-state index contributed by atoms with van der Waals surface area (Å²) in [6, 6.07) is -0.804. The number of nitrogens with zero attached hydrogens (tertiary/aromatic N) is 3. The Balaban J connectivity index is 2.06. The van der Waals surface area contributed by atoms with Crippen molar-refractivity contribution in [1.29, 1.82) is 0 Å². The van der Waals surface area contributed by atoms with Crippen molar-refractivity contribution in [3.05, 3.63) is 23.0 Å². The highest BCUT2D eigenvalue weighted by atomic mass is 16.5. The first kappa shape index (κ1) is 12.2. The van der Waals surface area contributed by atoms with E-state index >= 15 is 0 Å². The molecule has 3 heterocycles. The van der Waals surface area contributed by atoms with Crippen LogP contribution in [0.15, 0.2) is 17.4 Å². The molecule has 3 rings (SSSR count). The average molecular weight is 265 g/mol. The number of hydrogen-bond donors (Lipinski definition) is 4. The SMILES string of the molecule is NC[C@H]1O[C@@H](n2cnc3c(=O)[nH]cnc32)[C@H](N)[C@@H]1N. The van der Waals surface area contributed by atoms with E-state index in [0.717, 1.165) is 0 Å². The second-order valence-electron chi connectivity index (χ2n) is 4.51. The van der Waals surface area contributed by atoms with Gasteiger partial charge >= 0.3 is 0 Å². The predicted octanol–water partition coefficient (Wildman–Crippen LogP) is -2.37. The van der Waals surface area contributed by atoms with E-state index in [1.807, 2.05) is 0 Å². The third-order valence-electron chi connectivity index (χ3n) is 3.39. The summed E-state index contributed by atoms with van der Waals surface area (Å²) in [6.45, 7) is 0.284. The Kier molecular flexibility index (Phi) is 2.82. The molecule has 0 saturated carbocycles. The molecule has 7 N–H and O–H groups in total. The highest BCUT2D eigenvalue weighted by molar-refractivity contribution is 5.68. The zero-order valence-electron chi connectivity index (χ0n) is 10.1. The standard InChI is InChI=1S/C10H15N7O2/c11-1-4-5(12)6(13)10(19-4)17-3-16-7-8(17)14-2-15-9(7)18/h2-6,10H,1,11-13H2,(H,14,15,18)/t4-,5-,6-,10-/m1/s1. The average Bonchev–Trinajstić information content (AvgIpc) is 2.94. The fraction of sp³-hybridized carbons (Fsp3) is 0.500. The largest absolute Gasteiger partial charge is 0.350 e. The maximum absolute atomic E-state index is 11.6. The van der Waals surface area contributed by atoms with Crippen LogP contribution in [0.25, 0.3) is 11.2 Å². The van der Waals surface area contributed by atoms with Gasteiger partial charge in [-0.1, -0.05) is 0 Å². The van der Waals surface area contributed by atoms with Gasteiger partial charge in [-0.3, -0.25) is 9.36 Å². The molecule has 0 amide bonds. The van der Waals surface area contributed by atoms with Gasteiger partial charge in [0.2, 0.25) is 0 Å². The lowest BCUT2D eigenvalue weighted by molar-refractivity contribution is 0.00230. The molecule has 0 spiro atoms. The van der Waals surface area contributed by atoms with Crippen LogP contribution in [0.3, 0.4) is 0 Å². The van der Waals surface area contributed by atoms with Crippen LogP contribution in [0.5, 0.6) is 0 Å². The molecule has 2 aromatic rings. The maximum Gasteiger partial charge on any atom is 0.278 e. The highest BCUT2D eigenvalue weighted by Gasteiger charge is 2.41. The first-order valence-corrected chi connectivity index (χ1v) is 5.90. The maximum atomic E-state index is 11.6. The molecule has 9 nitrogen and oxygen atoms in total. The molecule has 1 aliphatic rings. The summed E-state index contributed by atoms with van der Waals surface area (Å²) in [5.74, 6) is 0. The lowest BCUT2D eigenvalue weighted by Crippen LogP contribution is -2.47. The Hall–Kier alpha value is -1.81. The van der Waals surface area contributed by atoms with Crippen molar-refractivity contribution in [3.8, 4) is 0 Å². The molecule has 102 valence electrons. The second-order valence-corrected chi connectivity index (χ2v) is 4.51. The van der Waals surface area contributed by atoms with Crippen LogP contribution in [0.4, 0.5) is 0 Å². The first-order chi connectivity index (χ1) is 9.13. The monoisotopic (exact) mass is 265 g/mol. The van der Waals surface area contributed by atoms with Crippen LogP contribution in [0.1, 0.15) is 6.23 Å². The van der Waals surface area contributed by atoms with Crippen molar-refractivity contribution in [2.75, 3.05) is 6.54 Å². The fourth-order valence-corrected chi connectivity index (χ4v) is 2.31. The minimum absolute atomic E-state index is 0.239. The molecule has 1 aliphatic heterocycles. The molecule has 1 fully saturated rings. The first-order valence-electron chi connectivity index (χ1n) is 5.90. The summed E-state index contributed by atoms with van der Waals surface area (Å²) >= 11 is 0. The van der Waals surface area contributed by atoms with Crippen molar-refractivity contribution < 1.29 is 4.74 Å². The minimum atomic E-state index is -0.525. The summed E-state index contributed by atoms with van der Waals surface area (Å²) < 4.78 is 7.34. The minimum Gasteiger partial charge on any atom is -0.350 e. The third-order valence-corrected chi connectivity index (χ3v) is 3.39. The number of rotatable bonds is 2. The topological polar surface area (TPSA) is 151 Å². The van der Waals surface area contributed by atoms with E-state index < -0.39 is 12.3 Å². The van der Waals surface area contributed by atoms with Gasteiger partial charge in [0, 0.05) is 6.54 Å². The molecule has 0 bridgehead atoms. The Bertz CT molecular complexity index is 651. The van der Waals surface area contributed by atoms with Crippen molar-refractivity contribution in [1.82, 2.24) is 19.5 Å². The van der Waals surface area contributed by atoms with Gasteiger partial charge < -0.3 is 26.9 Å². The fourth-order valence-electron chi connectivity index (χ4n) is 2.31. The Morgan fingerprint density at radius 3 is 2.84 bits per heavy atom. The van der Waals surface area contributed by atoms with Gasteiger partial charge in [0.15, 0.2) is 17.4 Å². The van der Waals surface area contributed by atoms with E-state index in [9.17, 15) is 4.79 Å². The van der Waals surface area contributed by atoms with Crippen LogP contribution in [-0.4, -0.2) is 44.3 Å². The molecule has 2 aromatic heterocycles. The lowest BCUT2D eigenvalue weighted by Gasteiger charge is -2.17. The van der Waals surface area contributed by atoms with Crippen molar-refractivity contribution in [2.45, 2.75) is 24.4 Å². The molecule has 9 heteroatoms. The number of fused-ring (bicyclic) bond motifs is 1.